The van der Waals surface area contributed by atoms with E-state index in [2.05, 4.69) is 20.6 Å². The topological polar surface area (TPSA) is 85.6 Å². The molecule has 0 saturated heterocycles. The smallest absolute Gasteiger partial charge is 0.264 e. The maximum Gasteiger partial charge on any atom is 0.264 e. The van der Waals surface area contributed by atoms with Crippen molar-refractivity contribution in [1.29, 1.82) is 0 Å². The zero-order valence-corrected chi connectivity index (χ0v) is 16.8. The number of sulfonamides is 1. The van der Waals surface area contributed by atoms with Crippen LogP contribution in [0.3, 0.4) is 0 Å². The SMILES string of the molecule is C#Cc1cnc2ccc(-c3cnc(OC)c(NS(=O)(=O)c4ccc(F)cc4F)c3)cn12. The second-order valence-electron chi connectivity index (χ2n) is 6.39. The van der Waals surface area contributed by atoms with Crippen molar-refractivity contribution >= 4 is 21.4 Å². The molecule has 156 valence electrons. The van der Waals surface area contributed by atoms with Crippen LogP contribution in [0.4, 0.5) is 14.5 Å². The number of aromatic nitrogens is 3. The summed E-state index contributed by atoms with van der Waals surface area (Å²) in [5.41, 5.74) is 2.38. The van der Waals surface area contributed by atoms with Gasteiger partial charge in [0.05, 0.1) is 13.3 Å². The minimum atomic E-state index is -4.38. The number of fused-ring (bicyclic) bond motifs is 1. The van der Waals surface area contributed by atoms with Crippen LogP contribution in [-0.2, 0) is 10.0 Å². The van der Waals surface area contributed by atoms with Gasteiger partial charge in [-0.05, 0) is 30.3 Å². The maximum atomic E-state index is 14.0. The fourth-order valence-corrected chi connectivity index (χ4v) is 4.11. The molecule has 0 spiro atoms. The molecule has 4 rings (SSSR count). The van der Waals surface area contributed by atoms with Gasteiger partial charge in [0, 0.05) is 29.6 Å². The molecule has 0 amide bonds. The number of nitrogens with one attached hydrogen (secondary N) is 1. The van der Waals surface area contributed by atoms with Crippen LogP contribution < -0.4 is 9.46 Å². The second-order valence-corrected chi connectivity index (χ2v) is 8.05. The zero-order chi connectivity index (χ0) is 22.2. The molecule has 0 saturated carbocycles. The van der Waals surface area contributed by atoms with Crippen molar-refractivity contribution in [2.24, 2.45) is 0 Å². The number of halogens is 2. The van der Waals surface area contributed by atoms with Crippen molar-refractivity contribution in [3.8, 4) is 29.4 Å². The molecule has 0 aliphatic rings. The van der Waals surface area contributed by atoms with Crippen molar-refractivity contribution in [2.45, 2.75) is 4.90 Å². The summed E-state index contributed by atoms with van der Waals surface area (Å²) in [5, 5.41) is 0. The summed E-state index contributed by atoms with van der Waals surface area (Å²) in [7, 11) is -3.07. The molecule has 0 radical (unpaired) electrons. The highest BCUT2D eigenvalue weighted by Crippen LogP contribution is 2.31. The normalized spacial score (nSPS) is 11.3. The Balaban J connectivity index is 1.77. The standard InChI is InChI=1S/C21H14F2N4O3S/c1-3-16-11-24-20-7-4-13(12-27(16)20)14-8-18(21(30-2)25-10-14)26-31(28,29)19-6-5-15(22)9-17(19)23/h1,4-12,26H,2H3. The summed E-state index contributed by atoms with van der Waals surface area (Å²) in [5.74, 6) is 0.393. The fraction of sp³-hybridized carbons (Fsp3) is 0.0476. The van der Waals surface area contributed by atoms with Crippen LogP contribution in [0, 0.1) is 24.0 Å². The molecular weight excluding hydrogens is 426 g/mol. The molecule has 31 heavy (non-hydrogen) atoms. The van der Waals surface area contributed by atoms with Gasteiger partial charge in [-0.2, -0.15) is 0 Å². The Morgan fingerprint density at radius 3 is 2.61 bits per heavy atom. The highest BCUT2D eigenvalue weighted by Gasteiger charge is 2.22. The summed E-state index contributed by atoms with van der Waals surface area (Å²) < 4.78 is 61.6. The summed E-state index contributed by atoms with van der Waals surface area (Å²) >= 11 is 0. The van der Waals surface area contributed by atoms with Crippen molar-refractivity contribution in [1.82, 2.24) is 14.4 Å². The molecule has 0 atom stereocenters. The van der Waals surface area contributed by atoms with E-state index in [1.807, 2.05) is 0 Å². The molecule has 0 bridgehead atoms. The summed E-state index contributed by atoms with van der Waals surface area (Å²) in [4.78, 5) is 7.62. The molecule has 4 aromatic rings. The number of rotatable bonds is 5. The van der Waals surface area contributed by atoms with Gasteiger partial charge in [0.2, 0.25) is 5.88 Å². The van der Waals surface area contributed by atoms with Crippen LogP contribution in [0.15, 0.2) is 59.9 Å². The third-order valence-electron chi connectivity index (χ3n) is 4.46. The Kier molecular flexibility index (Phi) is 5.04. The van der Waals surface area contributed by atoms with Gasteiger partial charge in [-0.15, -0.1) is 6.42 Å². The number of hydrogen-bond acceptors (Lipinski definition) is 5. The molecular formula is C21H14F2N4O3S. The van der Waals surface area contributed by atoms with Crippen LogP contribution in [0.5, 0.6) is 5.88 Å². The molecule has 3 aromatic heterocycles. The number of hydrogen-bond donors (Lipinski definition) is 1. The van der Waals surface area contributed by atoms with Crippen molar-refractivity contribution in [2.75, 3.05) is 11.8 Å². The molecule has 10 heteroatoms. The van der Waals surface area contributed by atoms with Crippen LogP contribution in [0.2, 0.25) is 0 Å². The molecule has 1 N–H and O–H groups in total. The Morgan fingerprint density at radius 1 is 1.10 bits per heavy atom. The number of terminal acetylenes is 1. The lowest BCUT2D eigenvalue weighted by Gasteiger charge is -2.13. The predicted octanol–water partition coefficient (Wildman–Crippen LogP) is 3.47. The number of benzene rings is 1. The molecule has 0 unspecified atom stereocenters. The van der Waals surface area contributed by atoms with Gasteiger partial charge in [-0.1, -0.05) is 5.92 Å². The number of imidazole rings is 1. The molecule has 0 fully saturated rings. The van der Waals surface area contributed by atoms with Crippen molar-refractivity contribution in [3.63, 3.8) is 0 Å². The Morgan fingerprint density at radius 2 is 1.90 bits per heavy atom. The number of methoxy groups -OCH3 is 1. The van der Waals surface area contributed by atoms with E-state index in [1.54, 1.807) is 28.9 Å². The van der Waals surface area contributed by atoms with E-state index in [9.17, 15) is 17.2 Å². The Hall–Kier alpha value is -3.97. The average molecular weight is 440 g/mol. The molecule has 0 aliphatic heterocycles. The number of anilines is 1. The van der Waals surface area contributed by atoms with E-state index < -0.39 is 26.6 Å². The lowest BCUT2D eigenvalue weighted by Crippen LogP contribution is -2.15. The zero-order valence-electron chi connectivity index (χ0n) is 16.0. The van der Waals surface area contributed by atoms with E-state index in [1.165, 1.54) is 19.4 Å². The van der Waals surface area contributed by atoms with Crippen LogP contribution >= 0.6 is 0 Å². The van der Waals surface area contributed by atoms with E-state index >= 15 is 0 Å². The minimum Gasteiger partial charge on any atom is -0.480 e. The summed E-state index contributed by atoms with van der Waals surface area (Å²) in [6, 6.07) is 7.18. The minimum absolute atomic E-state index is 0.0216. The average Bonchev–Trinajstić information content (AvgIpc) is 3.15. The predicted molar refractivity (Wildman–Crippen MR) is 110 cm³/mol. The van der Waals surface area contributed by atoms with Gasteiger partial charge in [0.15, 0.2) is 0 Å². The first-order valence-electron chi connectivity index (χ1n) is 8.78. The van der Waals surface area contributed by atoms with Crippen LogP contribution in [0.1, 0.15) is 5.69 Å². The first-order valence-corrected chi connectivity index (χ1v) is 10.3. The Labute approximate surface area is 176 Å². The first kappa shape index (κ1) is 20.3. The molecule has 1 aromatic carbocycles. The fourth-order valence-electron chi connectivity index (χ4n) is 3.00. The molecule has 7 nitrogen and oxygen atoms in total. The van der Waals surface area contributed by atoms with Gasteiger partial charge in [0.25, 0.3) is 10.0 Å². The van der Waals surface area contributed by atoms with Crippen molar-refractivity contribution in [3.05, 3.63) is 72.3 Å². The van der Waals surface area contributed by atoms with Crippen LogP contribution in [-0.4, -0.2) is 29.9 Å². The van der Waals surface area contributed by atoms with Gasteiger partial charge in [-0.3, -0.25) is 9.12 Å². The second kappa shape index (κ2) is 7.70. The maximum absolute atomic E-state index is 14.0. The third-order valence-corrected chi connectivity index (χ3v) is 5.86. The molecule has 0 aliphatic carbocycles. The quantitative estimate of drug-likeness (QED) is 0.481. The first-order chi connectivity index (χ1) is 14.8. The number of ether oxygens (including phenoxy) is 1. The van der Waals surface area contributed by atoms with E-state index in [4.69, 9.17) is 11.2 Å². The highest BCUT2D eigenvalue weighted by atomic mass is 32.2. The van der Waals surface area contributed by atoms with Gasteiger partial charge >= 0.3 is 0 Å². The third kappa shape index (κ3) is 3.78. The Bertz CT molecular complexity index is 1460. The van der Waals surface area contributed by atoms with Crippen molar-refractivity contribution < 1.29 is 21.9 Å². The largest absolute Gasteiger partial charge is 0.480 e. The van der Waals surface area contributed by atoms with E-state index in [0.717, 1.165) is 12.1 Å². The van der Waals surface area contributed by atoms with E-state index in [0.29, 0.717) is 28.5 Å². The highest BCUT2D eigenvalue weighted by molar-refractivity contribution is 7.92. The monoisotopic (exact) mass is 440 g/mol. The molecule has 3 heterocycles. The lowest BCUT2D eigenvalue weighted by molar-refractivity contribution is 0.400. The van der Waals surface area contributed by atoms with Gasteiger partial charge in [-0.25, -0.2) is 27.2 Å². The summed E-state index contributed by atoms with van der Waals surface area (Å²) in [6.07, 6.45) is 10.3. The van der Waals surface area contributed by atoms with Gasteiger partial charge in [0.1, 0.15) is 33.6 Å². The van der Waals surface area contributed by atoms with E-state index in [-0.39, 0.29) is 11.6 Å². The number of pyridine rings is 2. The summed E-state index contributed by atoms with van der Waals surface area (Å²) in [6.45, 7) is 0. The van der Waals surface area contributed by atoms with Crippen LogP contribution in [0.25, 0.3) is 16.8 Å². The van der Waals surface area contributed by atoms with Gasteiger partial charge < -0.3 is 4.74 Å². The number of nitrogens with zero attached hydrogens (tertiary/aromatic N) is 3. The lowest BCUT2D eigenvalue weighted by atomic mass is 10.1.